The van der Waals surface area contributed by atoms with Crippen molar-refractivity contribution in [2.75, 3.05) is 7.11 Å². The summed E-state index contributed by atoms with van der Waals surface area (Å²) >= 11 is 0. The molecule has 1 N–H and O–H groups in total. The van der Waals surface area contributed by atoms with Gasteiger partial charge in [0.15, 0.2) is 7.14 Å². The molecular weight excluding hydrogens is 357 g/mol. The molecule has 0 bridgehead atoms. The van der Waals surface area contributed by atoms with Crippen LogP contribution in [0.1, 0.15) is 0 Å². The quantitative estimate of drug-likeness (QED) is 0.558. The molecule has 0 radical (unpaired) electrons. The van der Waals surface area contributed by atoms with Crippen molar-refractivity contribution in [1.29, 1.82) is 0 Å². The van der Waals surface area contributed by atoms with Gasteiger partial charge in [0.05, 0.1) is 12.4 Å². The molecule has 0 aliphatic carbocycles. The van der Waals surface area contributed by atoms with Gasteiger partial charge in [-0.25, -0.2) is 0 Å². The summed E-state index contributed by atoms with van der Waals surface area (Å²) in [7, 11) is -1.74. The van der Waals surface area contributed by atoms with Gasteiger partial charge in [-0.15, -0.1) is 0 Å². The standard InChI is InChI=1S/C22H18NO3P/c1-26-17-12-13-20-16(14-17)15-21(22(24)23-20)27(25,18-8-4-2-5-9-18)19-10-6-3-7-11-19/h2-15H,1H3,(H,23,24). The molecule has 27 heavy (non-hydrogen) atoms. The first-order valence-electron chi connectivity index (χ1n) is 8.56. The first kappa shape index (κ1) is 17.3. The molecule has 0 amide bonds. The molecule has 0 fully saturated rings. The van der Waals surface area contributed by atoms with Crippen molar-refractivity contribution >= 4 is 34.0 Å². The Balaban J connectivity index is 2.05. The molecular formula is C22H18NO3P. The van der Waals surface area contributed by atoms with Gasteiger partial charge in [-0.2, -0.15) is 0 Å². The van der Waals surface area contributed by atoms with Crippen LogP contribution in [0.25, 0.3) is 10.9 Å². The fourth-order valence-electron chi connectivity index (χ4n) is 3.24. The summed E-state index contributed by atoms with van der Waals surface area (Å²) in [4.78, 5) is 15.8. The number of hydrogen-bond donors (Lipinski definition) is 1. The van der Waals surface area contributed by atoms with E-state index in [1.165, 1.54) is 0 Å². The van der Waals surface area contributed by atoms with Gasteiger partial charge < -0.3 is 14.3 Å². The number of rotatable bonds is 4. The number of aromatic nitrogens is 1. The maximum atomic E-state index is 14.4. The zero-order valence-corrected chi connectivity index (χ0v) is 15.6. The highest BCUT2D eigenvalue weighted by molar-refractivity contribution is 7.85. The van der Waals surface area contributed by atoms with Crippen molar-refractivity contribution in [2.24, 2.45) is 0 Å². The van der Waals surface area contributed by atoms with Crippen LogP contribution in [-0.2, 0) is 4.57 Å². The summed E-state index contributed by atoms with van der Waals surface area (Å²) in [6, 6.07) is 25.4. The van der Waals surface area contributed by atoms with E-state index < -0.39 is 7.14 Å². The molecule has 4 rings (SSSR count). The van der Waals surface area contributed by atoms with E-state index >= 15 is 0 Å². The summed E-state index contributed by atoms with van der Waals surface area (Å²) in [5, 5.41) is 2.30. The summed E-state index contributed by atoms with van der Waals surface area (Å²) in [6.07, 6.45) is 0. The van der Waals surface area contributed by atoms with E-state index in [4.69, 9.17) is 4.74 Å². The van der Waals surface area contributed by atoms with E-state index in [0.717, 1.165) is 5.39 Å². The van der Waals surface area contributed by atoms with Crippen molar-refractivity contribution in [3.8, 4) is 5.75 Å². The van der Waals surface area contributed by atoms with Crippen molar-refractivity contribution < 1.29 is 9.30 Å². The van der Waals surface area contributed by atoms with Gasteiger partial charge in [-0.1, -0.05) is 60.7 Å². The van der Waals surface area contributed by atoms with Gasteiger partial charge in [0.1, 0.15) is 5.75 Å². The Bertz CT molecular complexity index is 1160. The van der Waals surface area contributed by atoms with Crippen LogP contribution in [0.2, 0.25) is 0 Å². The first-order chi connectivity index (χ1) is 13.1. The minimum absolute atomic E-state index is 0.264. The predicted octanol–water partition coefficient (Wildman–Crippen LogP) is 3.18. The summed E-state index contributed by atoms with van der Waals surface area (Å²) in [6.45, 7) is 0. The highest BCUT2D eigenvalue weighted by Crippen LogP contribution is 2.41. The van der Waals surface area contributed by atoms with Crippen LogP contribution in [0, 0.1) is 0 Å². The molecule has 0 saturated heterocycles. The van der Waals surface area contributed by atoms with Gasteiger partial charge in [0.2, 0.25) is 0 Å². The van der Waals surface area contributed by atoms with E-state index in [-0.39, 0.29) is 10.9 Å². The molecule has 3 aromatic carbocycles. The second-order valence-electron chi connectivity index (χ2n) is 6.22. The Morgan fingerprint density at radius 3 is 1.96 bits per heavy atom. The third-order valence-electron chi connectivity index (χ3n) is 4.61. The maximum Gasteiger partial charge on any atom is 0.259 e. The predicted molar refractivity (Wildman–Crippen MR) is 111 cm³/mol. The SMILES string of the molecule is COc1ccc2[nH]c(=O)c(P(=O)(c3ccccc3)c3ccccc3)cc2c1. The third-order valence-corrected chi connectivity index (χ3v) is 7.67. The lowest BCUT2D eigenvalue weighted by atomic mass is 10.2. The molecule has 134 valence electrons. The Morgan fingerprint density at radius 2 is 1.41 bits per heavy atom. The lowest BCUT2D eigenvalue weighted by molar-refractivity contribution is 0.415. The van der Waals surface area contributed by atoms with Crippen molar-refractivity contribution in [1.82, 2.24) is 4.98 Å². The van der Waals surface area contributed by atoms with Crippen LogP contribution in [0.15, 0.2) is 89.7 Å². The van der Waals surface area contributed by atoms with Crippen LogP contribution >= 0.6 is 7.14 Å². The monoisotopic (exact) mass is 375 g/mol. The molecule has 4 nitrogen and oxygen atoms in total. The summed E-state index contributed by atoms with van der Waals surface area (Å²) < 4.78 is 19.7. The molecule has 1 aromatic heterocycles. The number of pyridine rings is 1. The number of benzene rings is 3. The Kier molecular flexibility index (Phi) is 4.43. The molecule has 0 aliphatic rings. The number of fused-ring (bicyclic) bond motifs is 1. The minimum Gasteiger partial charge on any atom is -0.497 e. The van der Waals surface area contributed by atoms with Crippen LogP contribution in [0.4, 0.5) is 0 Å². The van der Waals surface area contributed by atoms with Crippen LogP contribution < -0.4 is 26.2 Å². The van der Waals surface area contributed by atoms with E-state index in [0.29, 0.717) is 21.9 Å². The average molecular weight is 375 g/mol. The van der Waals surface area contributed by atoms with Gasteiger partial charge in [0.25, 0.3) is 5.56 Å². The lowest BCUT2D eigenvalue weighted by Gasteiger charge is -2.19. The molecule has 0 unspecified atom stereocenters. The lowest BCUT2D eigenvalue weighted by Crippen LogP contribution is -2.35. The molecule has 0 atom stereocenters. The van der Waals surface area contributed by atoms with Crippen molar-refractivity contribution in [3.05, 3.63) is 95.3 Å². The summed E-state index contributed by atoms with van der Waals surface area (Å²) in [5.74, 6) is 0.676. The number of nitrogens with one attached hydrogen (secondary N) is 1. The Hall–Kier alpha value is -3.10. The number of aromatic amines is 1. The largest absolute Gasteiger partial charge is 0.497 e. The molecule has 0 spiro atoms. The number of methoxy groups -OCH3 is 1. The number of H-pyrrole nitrogens is 1. The third kappa shape index (κ3) is 2.98. The van der Waals surface area contributed by atoms with E-state index in [2.05, 4.69) is 4.98 Å². The zero-order chi connectivity index (χ0) is 18.9. The smallest absolute Gasteiger partial charge is 0.259 e. The minimum atomic E-state index is -3.33. The first-order valence-corrected chi connectivity index (χ1v) is 10.3. The van der Waals surface area contributed by atoms with Crippen molar-refractivity contribution in [3.63, 3.8) is 0 Å². The van der Waals surface area contributed by atoms with Crippen LogP contribution in [0.3, 0.4) is 0 Å². The topological polar surface area (TPSA) is 59.2 Å². The maximum absolute atomic E-state index is 14.4. The van der Waals surface area contributed by atoms with Gasteiger partial charge in [0, 0.05) is 21.5 Å². The van der Waals surface area contributed by atoms with Gasteiger partial charge in [-0.3, -0.25) is 4.79 Å². The van der Waals surface area contributed by atoms with E-state index in [9.17, 15) is 9.36 Å². The number of ether oxygens (including phenoxy) is 1. The number of hydrogen-bond acceptors (Lipinski definition) is 3. The molecule has 1 heterocycles. The summed E-state index contributed by atoms with van der Waals surface area (Å²) in [5.41, 5.74) is 0.334. The Labute approximate surface area is 156 Å². The molecule has 0 aliphatic heterocycles. The highest BCUT2D eigenvalue weighted by Gasteiger charge is 2.32. The normalized spacial score (nSPS) is 11.4. The fourth-order valence-corrected chi connectivity index (χ4v) is 5.94. The zero-order valence-electron chi connectivity index (χ0n) is 14.8. The Morgan fingerprint density at radius 1 is 0.815 bits per heavy atom. The van der Waals surface area contributed by atoms with Crippen LogP contribution in [-0.4, -0.2) is 12.1 Å². The van der Waals surface area contributed by atoms with E-state index in [1.54, 1.807) is 25.3 Å². The second kappa shape index (κ2) is 6.90. The average Bonchev–Trinajstić information content (AvgIpc) is 2.73. The fraction of sp³-hybridized carbons (Fsp3) is 0.0455. The van der Waals surface area contributed by atoms with E-state index in [1.807, 2.05) is 66.7 Å². The molecule has 0 saturated carbocycles. The van der Waals surface area contributed by atoms with Crippen LogP contribution in [0.5, 0.6) is 5.75 Å². The molecule has 5 heteroatoms. The second-order valence-corrected chi connectivity index (χ2v) is 8.95. The van der Waals surface area contributed by atoms with Gasteiger partial charge >= 0.3 is 0 Å². The van der Waals surface area contributed by atoms with Crippen molar-refractivity contribution in [2.45, 2.75) is 0 Å². The van der Waals surface area contributed by atoms with Gasteiger partial charge in [-0.05, 0) is 24.3 Å². The molecule has 4 aromatic rings. The highest BCUT2D eigenvalue weighted by atomic mass is 31.2.